The van der Waals surface area contributed by atoms with E-state index in [0.29, 0.717) is 35.7 Å². The summed E-state index contributed by atoms with van der Waals surface area (Å²) < 4.78 is 1.66. The summed E-state index contributed by atoms with van der Waals surface area (Å²) in [6.07, 6.45) is 0. The summed E-state index contributed by atoms with van der Waals surface area (Å²) in [6.45, 7) is 12.1. The third-order valence-electron chi connectivity index (χ3n) is 6.21. The standard InChI is InChI=1S/C27H38N6O3/c1-7-32(8-2)17-19-9-11-20(12-10-19)33-25(22-15-21(18(3)4)23(34)16-24(22)35)29-30-26(33)27(36)28-13-14-31(5)6/h9-12,15-16,18,34-35H,7-8,13-14,17H2,1-6H3,(H,28,36). The quantitative estimate of drug-likeness (QED) is 0.374. The molecule has 3 N–H and O–H groups in total. The van der Waals surface area contributed by atoms with Crippen LogP contribution in [0.5, 0.6) is 11.5 Å². The maximum Gasteiger partial charge on any atom is 0.289 e. The third kappa shape index (κ3) is 6.22. The number of nitrogens with one attached hydrogen (secondary N) is 1. The third-order valence-corrected chi connectivity index (χ3v) is 6.21. The van der Waals surface area contributed by atoms with E-state index in [0.717, 1.165) is 25.2 Å². The van der Waals surface area contributed by atoms with Gasteiger partial charge in [-0.3, -0.25) is 14.3 Å². The Bertz CT molecular complexity index is 1170. The highest BCUT2D eigenvalue weighted by atomic mass is 16.3. The first-order valence-electron chi connectivity index (χ1n) is 12.4. The number of benzene rings is 2. The lowest BCUT2D eigenvalue weighted by Gasteiger charge is -2.18. The molecule has 0 spiro atoms. The SMILES string of the molecule is CCN(CC)Cc1ccc(-n2c(C(=O)NCCN(C)C)nnc2-c2cc(C(C)C)c(O)cc2O)cc1. The van der Waals surface area contributed by atoms with Gasteiger partial charge in [0.25, 0.3) is 5.91 Å². The minimum atomic E-state index is -0.356. The molecule has 0 fully saturated rings. The average Bonchev–Trinajstić information content (AvgIpc) is 3.27. The molecule has 1 aromatic heterocycles. The highest BCUT2D eigenvalue weighted by Gasteiger charge is 2.24. The number of phenolic OH excluding ortho intramolecular Hbond substituents is 2. The second-order valence-electron chi connectivity index (χ2n) is 9.45. The van der Waals surface area contributed by atoms with E-state index in [4.69, 9.17) is 0 Å². The van der Waals surface area contributed by atoms with Gasteiger partial charge in [-0.2, -0.15) is 0 Å². The number of carbonyl (C=O) groups is 1. The number of hydrogen-bond acceptors (Lipinski definition) is 7. The fourth-order valence-electron chi connectivity index (χ4n) is 4.01. The van der Waals surface area contributed by atoms with Gasteiger partial charge < -0.3 is 20.4 Å². The number of hydrogen-bond donors (Lipinski definition) is 3. The minimum absolute atomic E-state index is 0.0136. The van der Waals surface area contributed by atoms with Crippen LogP contribution >= 0.6 is 0 Å². The Morgan fingerprint density at radius 1 is 1.03 bits per heavy atom. The zero-order valence-corrected chi connectivity index (χ0v) is 22.1. The number of carbonyl (C=O) groups excluding carboxylic acids is 1. The van der Waals surface area contributed by atoms with Crippen LogP contribution in [0.3, 0.4) is 0 Å². The number of aromatic nitrogens is 3. The molecular weight excluding hydrogens is 456 g/mol. The van der Waals surface area contributed by atoms with Crippen LogP contribution in [0.1, 0.15) is 55.4 Å². The molecule has 0 aliphatic carbocycles. The van der Waals surface area contributed by atoms with Crippen molar-refractivity contribution in [2.24, 2.45) is 0 Å². The van der Waals surface area contributed by atoms with E-state index in [1.165, 1.54) is 6.07 Å². The Labute approximate surface area is 213 Å². The van der Waals surface area contributed by atoms with E-state index in [2.05, 4.69) is 34.3 Å². The summed E-state index contributed by atoms with van der Waals surface area (Å²) in [7, 11) is 3.87. The lowest BCUT2D eigenvalue weighted by atomic mass is 9.98. The fourth-order valence-corrected chi connectivity index (χ4v) is 4.01. The van der Waals surface area contributed by atoms with Gasteiger partial charge in [-0.05, 0) is 62.4 Å². The Hall–Kier alpha value is -3.43. The molecule has 0 aliphatic rings. The normalized spacial score (nSPS) is 11.6. The molecule has 1 heterocycles. The van der Waals surface area contributed by atoms with Crippen LogP contribution in [0.4, 0.5) is 0 Å². The molecule has 0 radical (unpaired) electrons. The lowest BCUT2D eigenvalue weighted by Crippen LogP contribution is -2.33. The molecular formula is C27H38N6O3. The summed E-state index contributed by atoms with van der Waals surface area (Å²) in [6, 6.07) is 10.9. The van der Waals surface area contributed by atoms with Gasteiger partial charge in [-0.15, -0.1) is 10.2 Å². The minimum Gasteiger partial charge on any atom is -0.508 e. The molecule has 0 atom stereocenters. The van der Waals surface area contributed by atoms with Crippen LogP contribution in [-0.2, 0) is 6.54 Å². The van der Waals surface area contributed by atoms with Gasteiger partial charge in [0.1, 0.15) is 11.5 Å². The molecule has 0 aliphatic heterocycles. The van der Waals surface area contributed by atoms with Gasteiger partial charge in [0, 0.05) is 31.4 Å². The van der Waals surface area contributed by atoms with Crippen molar-refractivity contribution in [2.45, 2.75) is 40.2 Å². The molecule has 3 rings (SSSR count). The van der Waals surface area contributed by atoms with E-state index < -0.39 is 0 Å². The van der Waals surface area contributed by atoms with Gasteiger partial charge in [0.05, 0.1) is 5.56 Å². The Morgan fingerprint density at radius 2 is 1.69 bits per heavy atom. The molecule has 0 bridgehead atoms. The molecule has 3 aromatic rings. The zero-order chi connectivity index (χ0) is 26.4. The van der Waals surface area contributed by atoms with Gasteiger partial charge in [-0.25, -0.2) is 0 Å². The van der Waals surface area contributed by atoms with E-state index in [1.807, 2.05) is 57.1 Å². The predicted molar refractivity (Wildman–Crippen MR) is 142 cm³/mol. The summed E-state index contributed by atoms with van der Waals surface area (Å²) >= 11 is 0. The van der Waals surface area contributed by atoms with Crippen molar-refractivity contribution in [3.63, 3.8) is 0 Å². The molecule has 1 amide bonds. The van der Waals surface area contributed by atoms with Crippen molar-refractivity contribution in [1.82, 2.24) is 29.9 Å². The molecule has 2 aromatic carbocycles. The van der Waals surface area contributed by atoms with E-state index in [9.17, 15) is 15.0 Å². The van der Waals surface area contributed by atoms with E-state index >= 15 is 0 Å². The average molecular weight is 495 g/mol. The number of phenols is 2. The van der Waals surface area contributed by atoms with Crippen LogP contribution in [0, 0.1) is 0 Å². The fraction of sp³-hybridized carbons (Fsp3) is 0.444. The van der Waals surface area contributed by atoms with Crippen molar-refractivity contribution in [2.75, 3.05) is 40.3 Å². The smallest absolute Gasteiger partial charge is 0.289 e. The lowest BCUT2D eigenvalue weighted by molar-refractivity contribution is 0.0938. The van der Waals surface area contributed by atoms with Gasteiger partial charge >= 0.3 is 0 Å². The van der Waals surface area contributed by atoms with E-state index in [1.54, 1.807) is 10.6 Å². The Morgan fingerprint density at radius 3 is 2.28 bits per heavy atom. The Balaban J connectivity index is 2.09. The summed E-state index contributed by atoms with van der Waals surface area (Å²) in [4.78, 5) is 17.4. The summed E-state index contributed by atoms with van der Waals surface area (Å²) in [5.74, 6) is -0.00970. The first-order chi connectivity index (χ1) is 17.2. The number of rotatable bonds is 11. The maximum absolute atomic E-state index is 13.1. The number of amides is 1. The second-order valence-corrected chi connectivity index (χ2v) is 9.45. The molecule has 0 saturated heterocycles. The molecule has 9 heteroatoms. The molecule has 194 valence electrons. The monoisotopic (exact) mass is 494 g/mol. The van der Waals surface area contributed by atoms with Crippen LogP contribution in [0.2, 0.25) is 0 Å². The molecule has 0 saturated carbocycles. The van der Waals surface area contributed by atoms with Crippen LogP contribution in [0.25, 0.3) is 17.1 Å². The van der Waals surface area contributed by atoms with Crippen molar-refractivity contribution in [3.05, 3.63) is 53.3 Å². The number of nitrogens with zero attached hydrogens (tertiary/aromatic N) is 5. The topological polar surface area (TPSA) is 107 Å². The van der Waals surface area contributed by atoms with Crippen molar-refractivity contribution in [3.8, 4) is 28.6 Å². The van der Waals surface area contributed by atoms with Gasteiger partial charge in [-0.1, -0.05) is 39.8 Å². The molecule has 0 unspecified atom stereocenters. The summed E-state index contributed by atoms with van der Waals surface area (Å²) in [5.41, 5.74) is 2.92. The van der Waals surface area contributed by atoms with Crippen molar-refractivity contribution in [1.29, 1.82) is 0 Å². The van der Waals surface area contributed by atoms with Crippen LogP contribution in [-0.4, -0.2) is 81.0 Å². The highest BCUT2D eigenvalue weighted by molar-refractivity contribution is 5.92. The van der Waals surface area contributed by atoms with Gasteiger partial charge in [0.2, 0.25) is 5.82 Å². The van der Waals surface area contributed by atoms with Gasteiger partial charge in [0.15, 0.2) is 5.82 Å². The Kier molecular flexibility index (Phi) is 9.06. The zero-order valence-electron chi connectivity index (χ0n) is 22.1. The van der Waals surface area contributed by atoms with Crippen molar-refractivity contribution < 1.29 is 15.0 Å². The highest BCUT2D eigenvalue weighted by Crippen LogP contribution is 2.38. The largest absolute Gasteiger partial charge is 0.508 e. The van der Waals surface area contributed by atoms with E-state index in [-0.39, 0.29) is 29.1 Å². The number of aromatic hydroxyl groups is 2. The second kappa shape index (κ2) is 12.0. The number of likely N-dealkylation sites (N-methyl/N-ethyl adjacent to an activating group) is 1. The predicted octanol–water partition coefficient (Wildman–Crippen LogP) is 3.60. The molecule has 9 nitrogen and oxygen atoms in total. The van der Waals surface area contributed by atoms with Crippen LogP contribution in [0.15, 0.2) is 36.4 Å². The molecule has 36 heavy (non-hydrogen) atoms. The maximum atomic E-state index is 13.1. The van der Waals surface area contributed by atoms with Crippen molar-refractivity contribution >= 4 is 5.91 Å². The first-order valence-corrected chi connectivity index (χ1v) is 12.4. The summed E-state index contributed by atoms with van der Waals surface area (Å²) in [5, 5.41) is 32.5. The first kappa shape index (κ1) is 27.2. The van der Waals surface area contributed by atoms with Crippen LogP contribution < -0.4 is 5.32 Å².